The van der Waals surface area contributed by atoms with E-state index in [-0.39, 0.29) is 0 Å². The van der Waals surface area contributed by atoms with Gasteiger partial charge in [0.05, 0.1) is 22.1 Å². The van der Waals surface area contributed by atoms with Crippen LogP contribution < -0.4 is 0 Å². The van der Waals surface area contributed by atoms with E-state index >= 15 is 0 Å². The summed E-state index contributed by atoms with van der Waals surface area (Å²) in [7, 11) is 0. The number of benzene rings is 7. The molecule has 0 radical (unpaired) electrons. The van der Waals surface area contributed by atoms with Crippen LogP contribution >= 0.6 is 0 Å². The van der Waals surface area contributed by atoms with Gasteiger partial charge in [0, 0.05) is 32.9 Å². The summed E-state index contributed by atoms with van der Waals surface area (Å²) in [5.41, 5.74) is 15.9. The van der Waals surface area contributed by atoms with Crippen molar-refractivity contribution in [2.24, 2.45) is 5.92 Å². The molecule has 0 fully saturated rings. The molecule has 0 spiro atoms. The fourth-order valence-corrected chi connectivity index (χ4v) is 8.99. The van der Waals surface area contributed by atoms with E-state index in [4.69, 9.17) is 0 Å². The van der Waals surface area contributed by atoms with Crippen molar-refractivity contribution in [2.75, 3.05) is 0 Å². The maximum atomic E-state index is 2.39. The van der Waals surface area contributed by atoms with Crippen LogP contribution in [0, 0.1) is 5.92 Å². The maximum Gasteiger partial charge on any atom is 0.0541 e. The minimum Gasteiger partial charge on any atom is -0.309 e. The zero-order valence-electron chi connectivity index (χ0n) is 31.3. The average Bonchev–Trinajstić information content (AvgIpc) is 3.76. The second-order valence-corrected chi connectivity index (χ2v) is 15.3. The Kier molecular flexibility index (Phi) is 8.52. The van der Waals surface area contributed by atoms with Crippen molar-refractivity contribution in [1.82, 2.24) is 9.13 Å². The van der Waals surface area contributed by atoms with Crippen molar-refractivity contribution in [1.29, 1.82) is 0 Å². The maximum absolute atomic E-state index is 2.39. The molecule has 0 N–H and O–H groups in total. The van der Waals surface area contributed by atoms with Crippen molar-refractivity contribution in [3.8, 4) is 11.4 Å². The van der Waals surface area contributed by atoms with Crippen LogP contribution in [0.1, 0.15) is 42.0 Å². The van der Waals surface area contributed by atoms with Crippen molar-refractivity contribution in [2.45, 2.75) is 39.0 Å². The molecule has 0 amide bonds. The molecule has 0 aliphatic heterocycles. The molecule has 7 aromatic carbocycles. The monoisotopic (exact) mass is 708 g/mol. The Morgan fingerprint density at radius 2 is 0.764 bits per heavy atom. The van der Waals surface area contributed by atoms with E-state index in [1.165, 1.54) is 82.8 Å². The fourth-order valence-electron chi connectivity index (χ4n) is 8.99. The third kappa shape index (κ3) is 6.18. The molecule has 9 aromatic rings. The van der Waals surface area contributed by atoms with Crippen molar-refractivity contribution >= 4 is 49.2 Å². The van der Waals surface area contributed by atoms with Gasteiger partial charge in [-0.25, -0.2) is 0 Å². The van der Waals surface area contributed by atoms with E-state index in [2.05, 4.69) is 198 Å². The number of aryl methyl sites for hydroxylation is 3. The average molecular weight is 709 g/mol. The Morgan fingerprint density at radius 3 is 1.16 bits per heavy atom. The molecule has 2 nitrogen and oxygen atoms in total. The molecular weight excluding hydrogens is 665 g/mol. The molecule has 0 bridgehead atoms. The lowest BCUT2D eigenvalue weighted by atomic mass is 9.83. The first-order valence-electron chi connectivity index (χ1n) is 19.8. The quantitative estimate of drug-likeness (QED) is 0.141. The van der Waals surface area contributed by atoms with Gasteiger partial charge in [-0.2, -0.15) is 0 Å². The van der Waals surface area contributed by atoms with Crippen molar-refractivity contribution < 1.29 is 0 Å². The van der Waals surface area contributed by atoms with Gasteiger partial charge in [-0.1, -0.05) is 146 Å². The molecule has 10 rings (SSSR count). The summed E-state index contributed by atoms with van der Waals surface area (Å²) in [6.07, 6.45) is 10.1. The lowest BCUT2D eigenvalue weighted by Gasteiger charge is -2.22. The molecule has 55 heavy (non-hydrogen) atoms. The lowest BCUT2D eigenvalue weighted by molar-refractivity contribution is 0.695. The number of fused-ring (bicyclic) bond motifs is 6. The predicted molar refractivity (Wildman–Crippen MR) is 234 cm³/mol. The van der Waals surface area contributed by atoms with E-state index in [1.54, 1.807) is 5.57 Å². The minimum absolute atomic E-state index is 0.511. The summed E-state index contributed by atoms with van der Waals surface area (Å²) < 4.78 is 4.78. The molecule has 1 aliphatic rings. The normalized spacial score (nSPS) is 14.5. The summed E-state index contributed by atoms with van der Waals surface area (Å²) in [5, 5.41) is 5.21. The number of para-hydroxylation sites is 4. The van der Waals surface area contributed by atoms with Crippen LogP contribution in [0.5, 0.6) is 0 Å². The second kappa shape index (κ2) is 14.1. The van der Waals surface area contributed by atoms with Crippen LogP contribution in [0.2, 0.25) is 0 Å². The number of hydrogen-bond acceptors (Lipinski definition) is 0. The van der Waals surface area contributed by atoms with E-state index in [1.807, 2.05) is 0 Å². The van der Waals surface area contributed by atoms with E-state index in [0.29, 0.717) is 5.92 Å². The van der Waals surface area contributed by atoms with E-state index in [0.717, 1.165) is 32.1 Å². The Bertz CT molecular complexity index is 2770. The Morgan fingerprint density at radius 1 is 0.400 bits per heavy atom. The summed E-state index contributed by atoms with van der Waals surface area (Å²) >= 11 is 0. The highest BCUT2D eigenvalue weighted by molar-refractivity contribution is 6.10. The zero-order valence-corrected chi connectivity index (χ0v) is 31.3. The zero-order chi connectivity index (χ0) is 36.7. The van der Waals surface area contributed by atoms with Crippen LogP contribution in [-0.2, 0) is 19.3 Å². The van der Waals surface area contributed by atoms with Gasteiger partial charge in [-0.05, 0) is 114 Å². The van der Waals surface area contributed by atoms with E-state index in [9.17, 15) is 0 Å². The SMILES string of the molecule is CC1CC(CCc2ccc(-n3c4ccccc4c4ccccc43)cc2)=CC=C1c1ccc(CCc2ccc(-n3c4ccccc4c4ccccc43)cc2)cc1. The second-order valence-electron chi connectivity index (χ2n) is 15.3. The highest BCUT2D eigenvalue weighted by Crippen LogP contribution is 2.36. The van der Waals surface area contributed by atoms with Gasteiger partial charge in [0.25, 0.3) is 0 Å². The number of aromatic nitrogens is 2. The summed E-state index contributed by atoms with van der Waals surface area (Å²) in [6.45, 7) is 2.39. The smallest absolute Gasteiger partial charge is 0.0541 e. The number of rotatable bonds is 9. The van der Waals surface area contributed by atoms with Gasteiger partial charge in [0.1, 0.15) is 0 Å². The van der Waals surface area contributed by atoms with Crippen LogP contribution in [-0.4, -0.2) is 9.13 Å². The summed E-state index contributed by atoms with van der Waals surface area (Å²) in [4.78, 5) is 0. The van der Waals surface area contributed by atoms with Gasteiger partial charge in [-0.3, -0.25) is 0 Å². The molecule has 1 atom stereocenters. The van der Waals surface area contributed by atoms with Gasteiger partial charge in [0.2, 0.25) is 0 Å². The molecular formula is C53H44N2. The lowest BCUT2D eigenvalue weighted by Crippen LogP contribution is -2.06. The third-order valence-corrected chi connectivity index (χ3v) is 11.9. The first-order valence-corrected chi connectivity index (χ1v) is 19.8. The first-order chi connectivity index (χ1) is 27.2. The molecule has 2 heterocycles. The Balaban J connectivity index is 0.776. The highest BCUT2D eigenvalue weighted by atomic mass is 15.0. The largest absolute Gasteiger partial charge is 0.309 e. The third-order valence-electron chi connectivity index (χ3n) is 11.9. The molecule has 1 unspecified atom stereocenters. The van der Waals surface area contributed by atoms with Crippen LogP contribution in [0.4, 0.5) is 0 Å². The number of allylic oxidation sites excluding steroid dienone is 4. The Hall–Kier alpha value is -6.38. The summed E-state index contributed by atoms with van der Waals surface area (Å²) in [5.74, 6) is 0.511. The molecule has 2 heteroatoms. The molecule has 266 valence electrons. The topological polar surface area (TPSA) is 9.86 Å². The standard InChI is InChI=1S/C53H44N2/c1-37-36-41(21-20-40-26-33-44(34-27-40)55-52-16-8-4-12-48(52)49-13-5-9-17-53(49)55)28-35-45(37)42-29-22-38(23-30-42)18-19-39-24-31-43(32-25-39)54-50-14-6-2-10-46(50)47-11-3-7-15-51(47)54/h2-17,22-35,37H,18-21,36H2,1H3. The van der Waals surface area contributed by atoms with Crippen LogP contribution in [0.15, 0.2) is 188 Å². The summed E-state index contributed by atoms with van der Waals surface area (Å²) in [6, 6.07) is 62.6. The van der Waals surface area contributed by atoms with Crippen LogP contribution in [0.25, 0.3) is 60.6 Å². The van der Waals surface area contributed by atoms with Gasteiger partial charge in [0.15, 0.2) is 0 Å². The van der Waals surface area contributed by atoms with E-state index < -0.39 is 0 Å². The van der Waals surface area contributed by atoms with Crippen molar-refractivity contribution in [3.05, 3.63) is 210 Å². The number of hydrogen-bond donors (Lipinski definition) is 0. The fraction of sp³-hybridized carbons (Fsp3) is 0.132. The molecule has 0 saturated carbocycles. The van der Waals surface area contributed by atoms with Gasteiger partial charge < -0.3 is 9.13 Å². The number of nitrogens with zero attached hydrogens (tertiary/aromatic N) is 2. The minimum atomic E-state index is 0.511. The van der Waals surface area contributed by atoms with Crippen molar-refractivity contribution in [3.63, 3.8) is 0 Å². The first kappa shape index (κ1) is 33.2. The van der Waals surface area contributed by atoms with Gasteiger partial charge in [-0.15, -0.1) is 0 Å². The predicted octanol–water partition coefficient (Wildman–Crippen LogP) is 13.6. The van der Waals surface area contributed by atoms with Crippen LogP contribution in [0.3, 0.4) is 0 Å². The Labute approximate surface area is 323 Å². The molecule has 1 aliphatic carbocycles. The molecule has 2 aromatic heterocycles. The highest BCUT2D eigenvalue weighted by Gasteiger charge is 2.17. The molecule has 0 saturated heterocycles. The van der Waals surface area contributed by atoms with Gasteiger partial charge >= 0.3 is 0 Å².